The van der Waals surface area contributed by atoms with Crippen LogP contribution in [0.5, 0.6) is 5.75 Å². The maximum atomic E-state index is 12.6. The number of carbonyl (C=O) groups excluding carboxylic acids is 2. The van der Waals surface area contributed by atoms with E-state index in [0.29, 0.717) is 24.1 Å². The average molecular weight is 371 g/mol. The van der Waals surface area contributed by atoms with E-state index < -0.39 is 0 Å². The molecule has 6 heteroatoms. The summed E-state index contributed by atoms with van der Waals surface area (Å²) < 4.78 is 0. The van der Waals surface area contributed by atoms with Gasteiger partial charge in [0.25, 0.3) is 0 Å². The van der Waals surface area contributed by atoms with Gasteiger partial charge in [-0.3, -0.25) is 9.59 Å². The minimum atomic E-state index is -0.337. The van der Waals surface area contributed by atoms with E-state index in [-0.39, 0.29) is 46.0 Å². The molecule has 0 saturated carbocycles. The molecule has 1 heterocycles. The highest BCUT2D eigenvalue weighted by molar-refractivity contribution is 8.93. The van der Waals surface area contributed by atoms with Crippen molar-refractivity contribution in [2.24, 2.45) is 0 Å². The highest BCUT2D eigenvalue weighted by atomic mass is 79.9. The van der Waals surface area contributed by atoms with Crippen molar-refractivity contribution in [3.05, 3.63) is 23.3 Å². The van der Waals surface area contributed by atoms with Crippen molar-refractivity contribution in [3.63, 3.8) is 0 Å². The highest BCUT2D eigenvalue weighted by Crippen LogP contribution is 2.34. The van der Waals surface area contributed by atoms with Crippen LogP contribution in [0.3, 0.4) is 0 Å². The molecule has 0 aromatic heterocycles. The number of nitrogens with one attached hydrogen (secondary N) is 2. The molecular formula is C16H23BrN2O3. The number of phenolic OH excluding ortho intramolecular Hbond substituents is 1. The van der Waals surface area contributed by atoms with E-state index in [1.165, 1.54) is 6.07 Å². The molecule has 0 bridgehead atoms. The number of halogens is 1. The van der Waals surface area contributed by atoms with Crippen LogP contribution in [0.1, 0.15) is 50.0 Å². The Kier molecular flexibility index (Phi) is 5.76. The van der Waals surface area contributed by atoms with Gasteiger partial charge in [0.05, 0.1) is 11.7 Å². The zero-order valence-corrected chi connectivity index (χ0v) is 15.0. The van der Waals surface area contributed by atoms with E-state index in [4.69, 9.17) is 0 Å². The van der Waals surface area contributed by atoms with Crippen LogP contribution in [0.15, 0.2) is 12.1 Å². The molecule has 3 N–H and O–H groups in total. The van der Waals surface area contributed by atoms with Gasteiger partial charge in [-0.15, -0.1) is 17.0 Å². The first kappa shape index (κ1) is 18.6. The molecule has 0 saturated heterocycles. The van der Waals surface area contributed by atoms with Crippen molar-refractivity contribution in [2.75, 3.05) is 5.32 Å². The van der Waals surface area contributed by atoms with E-state index >= 15 is 0 Å². The number of carbonyl (C=O) groups is 2. The second kappa shape index (κ2) is 6.79. The maximum Gasteiger partial charge on any atom is 0.224 e. The average Bonchev–Trinajstić information content (AvgIpc) is 2.37. The fourth-order valence-electron chi connectivity index (χ4n) is 2.65. The van der Waals surface area contributed by atoms with Gasteiger partial charge in [-0.25, -0.2) is 0 Å². The molecule has 2 rings (SSSR count). The van der Waals surface area contributed by atoms with Crippen LogP contribution in [-0.4, -0.2) is 28.4 Å². The second-order valence-electron chi connectivity index (χ2n) is 6.51. The summed E-state index contributed by atoms with van der Waals surface area (Å²) in [6, 6.07) is 2.76. The van der Waals surface area contributed by atoms with Crippen LogP contribution >= 0.6 is 17.0 Å². The molecule has 0 aliphatic carbocycles. The molecule has 5 nitrogen and oxygen atoms in total. The van der Waals surface area contributed by atoms with Crippen LogP contribution in [0.25, 0.3) is 0 Å². The summed E-state index contributed by atoms with van der Waals surface area (Å²) in [5, 5.41) is 15.8. The van der Waals surface area contributed by atoms with Crippen LogP contribution < -0.4 is 10.6 Å². The Morgan fingerprint density at radius 1 is 1.32 bits per heavy atom. The molecule has 1 atom stereocenters. The van der Waals surface area contributed by atoms with Gasteiger partial charge in [-0.1, -0.05) is 0 Å². The van der Waals surface area contributed by atoms with E-state index in [0.717, 1.165) is 5.56 Å². The first-order valence-corrected chi connectivity index (χ1v) is 7.15. The third-order valence-corrected chi connectivity index (χ3v) is 3.47. The van der Waals surface area contributed by atoms with Crippen LogP contribution in [0, 0.1) is 0 Å². The Bertz CT molecular complexity index is 594. The normalized spacial score (nSPS) is 15.4. The molecule has 1 aromatic carbocycles. The number of phenols is 1. The van der Waals surface area contributed by atoms with Gasteiger partial charge >= 0.3 is 0 Å². The molecule has 1 aliphatic heterocycles. The van der Waals surface area contributed by atoms with Gasteiger partial charge in [-0.2, -0.15) is 0 Å². The first-order valence-electron chi connectivity index (χ1n) is 7.15. The molecule has 22 heavy (non-hydrogen) atoms. The summed E-state index contributed by atoms with van der Waals surface area (Å²) in [5.41, 5.74) is 1.49. The van der Waals surface area contributed by atoms with E-state index in [1.54, 1.807) is 6.07 Å². The number of hydrogen-bond donors (Lipinski definition) is 3. The van der Waals surface area contributed by atoms with Crippen LogP contribution in [0.2, 0.25) is 0 Å². The topological polar surface area (TPSA) is 78.4 Å². The van der Waals surface area contributed by atoms with E-state index in [9.17, 15) is 14.7 Å². The number of Topliss-reactive ketones (excluding diaryl/α,β-unsaturated/α-hetero) is 1. The van der Waals surface area contributed by atoms with Crippen molar-refractivity contribution < 1.29 is 14.7 Å². The molecule has 1 aliphatic rings. The number of anilines is 1. The number of rotatable bonds is 3. The Morgan fingerprint density at radius 2 is 1.95 bits per heavy atom. The standard InChI is InChI=1S/C16H22N2O3.BrH/c1-9(18-16(2,3)4)15(21)11-5-7-12(19)14-10(11)6-8-13(20)17-14;/h5,7,9,18-19H,6,8H2,1-4H3,(H,17,20);1H. The first-order chi connectivity index (χ1) is 9.69. The fourth-order valence-corrected chi connectivity index (χ4v) is 2.65. The Morgan fingerprint density at radius 3 is 2.55 bits per heavy atom. The number of benzene rings is 1. The predicted molar refractivity (Wildman–Crippen MR) is 92.1 cm³/mol. The summed E-state index contributed by atoms with van der Waals surface area (Å²) >= 11 is 0. The van der Waals surface area contributed by atoms with Gasteiger partial charge in [0.2, 0.25) is 5.91 Å². The Balaban J connectivity index is 0.00000242. The fraction of sp³-hybridized carbons (Fsp3) is 0.500. The summed E-state index contributed by atoms with van der Waals surface area (Å²) in [6.07, 6.45) is 0.802. The summed E-state index contributed by atoms with van der Waals surface area (Å²) in [4.78, 5) is 24.1. The molecule has 0 fully saturated rings. The van der Waals surface area contributed by atoms with E-state index in [1.807, 2.05) is 27.7 Å². The Labute approximate surface area is 141 Å². The van der Waals surface area contributed by atoms with Crippen LogP contribution in [0.4, 0.5) is 5.69 Å². The largest absolute Gasteiger partial charge is 0.506 e. The van der Waals surface area contributed by atoms with Crippen molar-refractivity contribution >= 4 is 34.4 Å². The number of ketones is 1. The lowest BCUT2D eigenvalue weighted by atomic mass is 9.91. The van der Waals surface area contributed by atoms with E-state index in [2.05, 4.69) is 10.6 Å². The number of fused-ring (bicyclic) bond motifs is 1. The lowest BCUT2D eigenvalue weighted by Crippen LogP contribution is -2.46. The van der Waals surface area contributed by atoms with Crippen molar-refractivity contribution in [1.29, 1.82) is 0 Å². The van der Waals surface area contributed by atoms with Crippen molar-refractivity contribution in [2.45, 2.75) is 52.1 Å². The maximum absolute atomic E-state index is 12.6. The second-order valence-corrected chi connectivity index (χ2v) is 6.51. The summed E-state index contributed by atoms with van der Waals surface area (Å²) in [5.74, 6) is -0.161. The zero-order chi connectivity index (χ0) is 15.8. The summed E-state index contributed by atoms with van der Waals surface area (Å²) in [7, 11) is 0. The Hall–Kier alpha value is -1.40. The molecule has 122 valence electrons. The third-order valence-electron chi connectivity index (χ3n) is 3.47. The van der Waals surface area contributed by atoms with Gasteiger partial charge in [0.15, 0.2) is 5.78 Å². The van der Waals surface area contributed by atoms with Gasteiger partial charge in [0.1, 0.15) is 5.75 Å². The number of hydrogen-bond acceptors (Lipinski definition) is 4. The minimum Gasteiger partial charge on any atom is -0.506 e. The monoisotopic (exact) mass is 370 g/mol. The van der Waals surface area contributed by atoms with Crippen molar-refractivity contribution in [1.82, 2.24) is 5.32 Å². The van der Waals surface area contributed by atoms with Gasteiger partial charge in [0, 0.05) is 17.5 Å². The van der Waals surface area contributed by atoms with Crippen LogP contribution in [-0.2, 0) is 11.2 Å². The van der Waals surface area contributed by atoms with Gasteiger partial charge < -0.3 is 15.7 Å². The lowest BCUT2D eigenvalue weighted by Gasteiger charge is -2.27. The predicted octanol–water partition coefficient (Wildman–Crippen LogP) is 2.81. The minimum absolute atomic E-state index is 0. The van der Waals surface area contributed by atoms with Gasteiger partial charge in [-0.05, 0) is 51.8 Å². The lowest BCUT2D eigenvalue weighted by molar-refractivity contribution is -0.116. The molecule has 0 radical (unpaired) electrons. The zero-order valence-electron chi connectivity index (χ0n) is 13.3. The quantitative estimate of drug-likeness (QED) is 0.564. The molecule has 1 amide bonds. The van der Waals surface area contributed by atoms with Crippen molar-refractivity contribution in [3.8, 4) is 5.75 Å². The molecule has 0 spiro atoms. The molecule has 1 aromatic rings. The smallest absolute Gasteiger partial charge is 0.224 e. The highest BCUT2D eigenvalue weighted by Gasteiger charge is 2.27. The number of amides is 1. The molecular weight excluding hydrogens is 348 g/mol. The summed E-state index contributed by atoms with van der Waals surface area (Å²) in [6.45, 7) is 7.84. The molecule has 1 unspecified atom stereocenters. The SMILES string of the molecule is Br.CC(NC(C)(C)C)C(=O)c1ccc(O)c2c1CCC(=O)N2. The third kappa shape index (κ3) is 4.08. The number of aromatic hydroxyl groups is 1.